The van der Waals surface area contributed by atoms with E-state index in [0.29, 0.717) is 17.4 Å². The SMILES string of the molecule is CCCCCCCCCCCCCCCCCCCCCCCCCCCCCCCCCCC(=O)OC(COC(=O)CCCCCCCCCC)COC(OCC[N+](C)(C)C)C(=O)[O-]. The van der Waals surface area contributed by atoms with Crippen molar-refractivity contribution >= 4 is 17.9 Å². The largest absolute Gasteiger partial charge is 0.545 e. The lowest BCUT2D eigenvalue weighted by molar-refractivity contribution is -0.870. The van der Waals surface area contributed by atoms with Crippen LogP contribution in [0.2, 0.25) is 0 Å². The Kier molecular flexibility index (Phi) is 47.5. The van der Waals surface area contributed by atoms with Crippen molar-refractivity contribution in [1.82, 2.24) is 0 Å². The molecule has 0 N–H and O–H groups in total. The zero-order valence-corrected chi connectivity index (χ0v) is 43.9. The number of likely N-dealkylation sites (N-methyl/N-ethyl adjacent to an activating group) is 1. The minimum Gasteiger partial charge on any atom is -0.545 e. The summed E-state index contributed by atoms with van der Waals surface area (Å²) < 4.78 is 22.6. The molecule has 0 rings (SSSR count). The highest BCUT2D eigenvalue weighted by Gasteiger charge is 2.22. The molecule has 0 aliphatic rings. The first-order valence-corrected chi connectivity index (χ1v) is 28.2. The molecule has 9 nitrogen and oxygen atoms in total. The maximum Gasteiger partial charge on any atom is 0.306 e. The van der Waals surface area contributed by atoms with E-state index in [-0.39, 0.29) is 32.2 Å². The fourth-order valence-electron chi connectivity index (χ4n) is 8.48. The van der Waals surface area contributed by atoms with Crippen LogP contribution in [0.25, 0.3) is 0 Å². The molecule has 0 saturated heterocycles. The summed E-state index contributed by atoms with van der Waals surface area (Å²) in [5, 5.41) is 11.7. The number of hydrogen-bond donors (Lipinski definition) is 0. The molecular formula is C56H109NO8. The van der Waals surface area contributed by atoms with Crippen molar-refractivity contribution in [3.8, 4) is 0 Å². The summed E-state index contributed by atoms with van der Waals surface area (Å²) in [6, 6.07) is 0. The average Bonchev–Trinajstić information content (AvgIpc) is 3.27. The first-order chi connectivity index (χ1) is 31.6. The fraction of sp³-hybridized carbons (Fsp3) is 0.946. The van der Waals surface area contributed by atoms with Crippen LogP contribution in [0.5, 0.6) is 0 Å². The number of carboxylic acid groups (broad SMARTS) is 1. The van der Waals surface area contributed by atoms with Gasteiger partial charge in [-0.15, -0.1) is 0 Å². The van der Waals surface area contributed by atoms with Crippen molar-refractivity contribution < 1.29 is 42.9 Å². The van der Waals surface area contributed by atoms with Crippen molar-refractivity contribution in [2.24, 2.45) is 0 Å². The van der Waals surface area contributed by atoms with E-state index < -0.39 is 24.3 Å². The van der Waals surface area contributed by atoms with Gasteiger partial charge in [-0.2, -0.15) is 0 Å². The van der Waals surface area contributed by atoms with Gasteiger partial charge in [-0.3, -0.25) is 9.59 Å². The van der Waals surface area contributed by atoms with Crippen molar-refractivity contribution in [2.45, 2.75) is 296 Å². The van der Waals surface area contributed by atoms with Gasteiger partial charge in [0.2, 0.25) is 0 Å². The van der Waals surface area contributed by atoms with Gasteiger partial charge >= 0.3 is 11.9 Å². The van der Waals surface area contributed by atoms with E-state index in [2.05, 4.69) is 13.8 Å². The van der Waals surface area contributed by atoms with Crippen LogP contribution in [-0.2, 0) is 33.3 Å². The van der Waals surface area contributed by atoms with Crippen LogP contribution in [0.3, 0.4) is 0 Å². The minimum atomic E-state index is -1.61. The van der Waals surface area contributed by atoms with Gasteiger partial charge in [0.05, 0.1) is 40.3 Å². The molecule has 65 heavy (non-hydrogen) atoms. The normalized spacial score (nSPS) is 12.7. The fourth-order valence-corrected chi connectivity index (χ4v) is 8.48. The molecule has 2 atom stereocenters. The molecule has 386 valence electrons. The second-order valence-corrected chi connectivity index (χ2v) is 20.6. The number of rotatable bonds is 53. The summed E-state index contributed by atoms with van der Waals surface area (Å²) in [6.45, 7) is 4.76. The maximum atomic E-state index is 12.8. The van der Waals surface area contributed by atoms with Gasteiger partial charge in [0, 0.05) is 12.8 Å². The number of esters is 2. The Morgan fingerprint density at radius 2 is 0.692 bits per heavy atom. The maximum absolute atomic E-state index is 12.8. The summed E-state index contributed by atoms with van der Waals surface area (Å²) in [4.78, 5) is 37.0. The monoisotopic (exact) mass is 924 g/mol. The molecule has 0 aliphatic carbocycles. The number of aliphatic carboxylic acids is 1. The first kappa shape index (κ1) is 63.3. The third kappa shape index (κ3) is 50.0. The van der Waals surface area contributed by atoms with Gasteiger partial charge in [0.1, 0.15) is 13.2 Å². The van der Waals surface area contributed by atoms with Crippen LogP contribution in [-0.4, -0.2) is 82.3 Å². The van der Waals surface area contributed by atoms with Gasteiger partial charge in [-0.25, -0.2) is 0 Å². The molecule has 0 bridgehead atoms. The Morgan fingerprint density at radius 1 is 0.400 bits per heavy atom. The molecule has 0 amide bonds. The molecule has 0 saturated carbocycles. The van der Waals surface area contributed by atoms with Crippen LogP contribution in [0.1, 0.15) is 284 Å². The van der Waals surface area contributed by atoms with Gasteiger partial charge in [-0.1, -0.05) is 258 Å². The van der Waals surface area contributed by atoms with E-state index >= 15 is 0 Å². The molecule has 0 radical (unpaired) electrons. The Bertz CT molecular complexity index is 1030. The number of nitrogens with zero attached hydrogens (tertiary/aromatic N) is 1. The van der Waals surface area contributed by atoms with Gasteiger partial charge in [-0.05, 0) is 12.8 Å². The molecule has 9 heteroatoms. The molecule has 0 spiro atoms. The number of carboxylic acids is 1. The van der Waals surface area contributed by atoms with Crippen LogP contribution in [0.4, 0.5) is 0 Å². The number of quaternary nitrogens is 1. The quantitative estimate of drug-likeness (QED) is 0.0257. The molecule has 2 unspecified atom stereocenters. The highest BCUT2D eigenvalue weighted by Crippen LogP contribution is 2.18. The van der Waals surface area contributed by atoms with Crippen molar-refractivity contribution in [1.29, 1.82) is 0 Å². The van der Waals surface area contributed by atoms with E-state index in [1.807, 2.05) is 21.1 Å². The lowest BCUT2D eigenvalue weighted by Crippen LogP contribution is -2.44. The van der Waals surface area contributed by atoms with E-state index in [0.717, 1.165) is 38.5 Å². The summed E-state index contributed by atoms with van der Waals surface area (Å²) in [6.07, 6.45) is 50.5. The highest BCUT2D eigenvalue weighted by molar-refractivity contribution is 5.70. The number of carbonyl (C=O) groups is 3. The van der Waals surface area contributed by atoms with Crippen LogP contribution in [0.15, 0.2) is 0 Å². The third-order valence-electron chi connectivity index (χ3n) is 12.9. The highest BCUT2D eigenvalue weighted by atomic mass is 16.7. The van der Waals surface area contributed by atoms with Crippen molar-refractivity contribution in [2.75, 3.05) is 47.5 Å². The topological polar surface area (TPSA) is 111 Å². The third-order valence-corrected chi connectivity index (χ3v) is 12.9. The molecule has 0 aromatic carbocycles. The minimum absolute atomic E-state index is 0.153. The van der Waals surface area contributed by atoms with E-state index in [1.54, 1.807) is 0 Å². The van der Waals surface area contributed by atoms with E-state index in [1.165, 1.54) is 218 Å². The summed E-state index contributed by atoms with van der Waals surface area (Å²) in [5.41, 5.74) is 0. The molecular weight excluding hydrogens is 815 g/mol. The van der Waals surface area contributed by atoms with Crippen molar-refractivity contribution in [3.63, 3.8) is 0 Å². The van der Waals surface area contributed by atoms with E-state index in [4.69, 9.17) is 18.9 Å². The summed E-state index contributed by atoms with van der Waals surface area (Å²) >= 11 is 0. The van der Waals surface area contributed by atoms with E-state index in [9.17, 15) is 19.5 Å². The Balaban J connectivity index is 3.93. The van der Waals surface area contributed by atoms with Crippen LogP contribution >= 0.6 is 0 Å². The Morgan fingerprint density at radius 3 is 0.985 bits per heavy atom. The van der Waals surface area contributed by atoms with Crippen LogP contribution in [0, 0.1) is 0 Å². The Labute approximate surface area is 403 Å². The standard InChI is InChI=1S/C56H109NO8/c1-6-8-10-12-14-16-17-18-19-20-21-22-23-24-25-26-27-28-29-30-31-32-33-34-35-36-37-38-39-41-43-45-47-54(59)65-52(51-64-56(55(60)61)62-49-48-57(3,4)5)50-63-53(58)46-44-42-40-15-13-11-9-7-2/h52,56H,6-51H2,1-5H3. The average molecular weight is 924 g/mol. The lowest BCUT2D eigenvalue weighted by Gasteiger charge is -2.26. The predicted octanol–water partition coefficient (Wildman–Crippen LogP) is 14.7. The molecule has 0 aromatic heterocycles. The van der Waals surface area contributed by atoms with Crippen molar-refractivity contribution in [3.05, 3.63) is 0 Å². The number of ether oxygens (including phenoxy) is 4. The summed E-state index contributed by atoms with van der Waals surface area (Å²) in [7, 11) is 5.92. The first-order valence-electron chi connectivity index (χ1n) is 28.2. The zero-order valence-electron chi connectivity index (χ0n) is 43.9. The van der Waals surface area contributed by atoms with Gasteiger partial charge in [0.15, 0.2) is 12.4 Å². The van der Waals surface area contributed by atoms with Crippen LogP contribution < -0.4 is 5.11 Å². The smallest absolute Gasteiger partial charge is 0.306 e. The zero-order chi connectivity index (χ0) is 47.7. The number of unbranched alkanes of at least 4 members (excludes halogenated alkanes) is 38. The second kappa shape index (κ2) is 48.7. The lowest BCUT2D eigenvalue weighted by atomic mass is 10.0. The Hall–Kier alpha value is -1.71. The molecule has 0 aromatic rings. The van der Waals surface area contributed by atoms with Gasteiger partial charge < -0.3 is 33.3 Å². The molecule has 0 aliphatic heterocycles. The summed E-state index contributed by atoms with van der Waals surface area (Å²) in [5.74, 6) is -2.27. The number of hydrogen-bond acceptors (Lipinski definition) is 8. The second-order valence-electron chi connectivity index (χ2n) is 20.6. The predicted molar refractivity (Wildman–Crippen MR) is 270 cm³/mol. The number of carbonyl (C=O) groups excluding carboxylic acids is 3. The van der Waals surface area contributed by atoms with Gasteiger partial charge in [0.25, 0.3) is 0 Å². The molecule has 0 fully saturated rings. The molecule has 0 heterocycles.